The minimum atomic E-state index is 0.755. The van der Waals surface area contributed by atoms with Crippen molar-refractivity contribution in [3.8, 4) is 0 Å². The molecule has 0 aliphatic rings. The van der Waals surface area contributed by atoms with E-state index in [-0.39, 0.29) is 0 Å². The van der Waals surface area contributed by atoms with E-state index in [0.717, 1.165) is 33.4 Å². The number of nitrogens with one attached hydrogen (secondary N) is 1. The second kappa shape index (κ2) is 6.09. The zero-order chi connectivity index (χ0) is 14.0. The molecule has 0 aliphatic carbocycles. The van der Waals surface area contributed by atoms with Crippen LogP contribution >= 0.6 is 31.9 Å². The van der Waals surface area contributed by atoms with E-state index in [4.69, 9.17) is 0 Å². The van der Waals surface area contributed by atoms with Crippen molar-refractivity contribution >= 4 is 37.5 Å². The van der Waals surface area contributed by atoms with Crippen molar-refractivity contribution in [3.05, 3.63) is 44.1 Å². The average molecular weight is 387 g/mol. The fourth-order valence-electron chi connectivity index (χ4n) is 1.93. The molecule has 0 unspecified atom stereocenters. The Morgan fingerprint density at radius 2 is 2.00 bits per heavy atom. The maximum Gasteiger partial charge on any atom is 0.0739 e. The summed E-state index contributed by atoms with van der Waals surface area (Å²) in [6.07, 6.45) is 0. The normalized spacial score (nSPS) is 10.8. The number of rotatable bonds is 4. The van der Waals surface area contributed by atoms with Crippen molar-refractivity contribution in [3.63, 3.8) is 0 Å². The summed E-state index contributed by atoms with van der Waals surface area (Å²) in [5.41, 5.74) is 4.55. The summed E-state index contributed by atoms with van der Waals surface area (Å²) in [6.45, 7) is 7.83. The lowest BCUT2D eigenvalue weighted by Crippen LogP contribution is -2.08. The van der Waals surface area contributed by atoms with Gasteiger partial charge in [-0.15, -0.1) is 0 Å². The molecule has 1 N–H and O–H groups in total. The van der Waals surface area contributed by atoms with Crippen LogP contribution in [0.2, 0.25) is 0 Å². The highest BCUT2D eigenvalue weighted by Gasteiger charge is 2.11. The Hall–Kier alpha value is -0.810. The Morgan fingerprint density at radius 3 is 2.63 bits per heavy atom. The monoisotopic (exact) mass is 385 g/mol. The Labute approximate surface area is 130 Å². The van der Waals surface area contributed by atoms with Gasteiger partial charge in [-0.05, 0) is 54.4 Å². The predicted molar refractivity (Wildman–Crippen MR) is 86.5 cm³/mol. The van der Waals surface area contributed by atoms with Gasteiger partial charge in [-0.25, -0.2) is 0 Å². The molecule has 5 heteroatoms. The molecule has 19 heavy (non-hydrogen) atoms. The van der Waals surface area contributed by atoms with Gasteiger partial charge in [-0.3, -0.25) is 4.68 Å². The van der Waals surface area contributed by atoms with Crippen LogP contribution in [0.4, 0.5) is 5.69 Å². The fraction of sp³-hybridized carbons (Fsp3) is 0.357. The largest absolute Gasteiger partial charge is 0.379 e. The molecule has 0 amide bonds. The summed E-state index contributed by atoms with van der Waals surface area (Å²) in [6, 6.07) is 6.29. The smallest absolute Gasteiger partial charge is 0.0739 e. The molecule has 2 rings (SSSR count). The third-order valence-corrected chi connectivity index (χ3v) is 4.97. The van der Waals surface area contributed by atoms with Gasteiger partial charge in [-0.1, -0.05) is 22.0 Å². The summed E-state index contributed by atoms with van der Waals surface area (Å²) in [5.74, 6) is 0. The van der Waals surface area contributed by atoms with Crippen LogP contribution in [0.3, 0.4) is 0 Å². The molecule has 1 aromatic heterocycles. The maximum absolute atomic E-state index is 4.49. The molecule has 0 fully saturated rings. The first-order valence-corrected chi connectivity index (χ1v) is 7.83. The molecule has 0 atom stereocenters. The molecule has 1 aromatic carbocycles. The Morgan fingerprint density at radius 1 is 1.26 bits per heavy atom. The average Bonchev–Trinajstić information content (AvgIpc) is 2.67. The van der Waals surface area contributed by atoms with Gasteiger partial charge in [0.25, 0.3) is 0 Å². The highest BCUT2D eigenvalue weighted by atomic mass is 79.9. The van der Waals surface area contributed by atoms with E-state index in [1.807, 2.05) is 11.6 Å². The van der Waals surface area contributed by atoms with Crippen LogP contribution in [0.5, 0.6) is 0 Å². The quantitative estimate of drug-likeness (QED) is 0.828. The Balaban J connectivity index is 2.16. The predicted octanol–water partition coefficient (Wildman–Crippen LogP) is 4.66. The van der Waals surface area contributed by atoms with E-state index >= 15 is 0 Å². The van der Waals surface area contributed by atoms with Crippen molar-refractivity contribution in [2.24, 2.45) is 0 Å². The molecule has 0 aliphatic heterocycles. The molecule has 3 nitrogen and oxygen atoms in total. The fourth-order valence-corrected chi connectivity index (χ4v) is 2.73. The zero-order valence-electron chi connectivity index (χ0n) is 11.3. The molecule has 0 bridgehead atoms. The van der Waals surface area contributed by atoms with Crippen molar-refractivity contribution < 1.29 is 0 Å². The maximum atomic E-state index is 4.49. The summed E-state index contributed by atoms with van der Waals surface area (Å²) >= 11 is 7.16. The van der Waals surface area contributed by atoms with Crippen LogP contribution in [0.1, 0.15) is 23.9 Å². The lowest BCUT2D eigenvalue weighted by atomic mass is 10.2. The van der Waals surface area contributed by atoms with Gasteiger partial charge in [0.2, 0.25) is 0 Å². The minimum absolute atomic E-state index is 0.755. The molecular formula is C14H17Br2N3. The number of hydrogen-bond donors (Lipinski definition) is 1. The molecule has 0 radical (unpaired) electrons. The summed E-state index contributed by atoms with van der Waals surface area (Å²) in [7, 11) is 0. The Kier molecular flexibility index (Phi) is 4.68. The lowest BCUT2D eigenvalue weighted by Gasteiger charge is -2.10. The highest BCUT2D eigenvalue weighted by Crippen LogP contribution is 2.24. The first-order chi connectivity index (χ1) is 9.02. The Bertz CT molecular complexity index is 591. The van der Waals surface area contributed by atoms with Gasteiger partial charge in [0.15, 0.2) is 0 Å². The van der Waals surface area contributed by atoms with E-state index < -0.39 is 0 Å². The summed E-state index contributed by atoms with van der Waals surface area (Å²) < 4.78 is 4.24. The van der Waals surface area contributed by atoms with Crippen LogP contribution in [0, 0.1) is 13.8 Å². The van der Waals surface area contributed by atoms with E-state index in [0.29, 0.717) is 0 Å². The number of halogens is 2. The standard InChI is InChI=1S/C14H17Br2N3/c1-4-19-13(14(16)10(3)18-19)8-17-11-6-5-9(2)12(15)7-11/h5-7,17H,4,8H2,1-3H3. The summed E-state index contributed by atoms with van der Waals surface area (Å²) in [4.78, 5) is 0. The number of anilines is 1. The third-order valence-electron chi connectivity index (χ3n) is 3.08. The number of hydrogen-bond acceptors (Lipinski definition) is 2. The van der Waals surface area contributed by atoms with Gasteiger partial charge in [0, 0.05) is 16.7 Å². The van der Waals surface area contributed by atoms with Gasteiger partial charge >= 0.3 is 0 Å². The third kappa shape index (κ3) is 3.20. The molecule has 1 heterocycles. The topological polar surface area (TPSA) is 29.9 Å². The zero-order valence-corrected chi connectivity index (χ0v) is 14.5. The second-order valence-electron chi connectivity index (χ2n) is 4.48. The summed E-state index contributed by atoms with van der Waals surface area (Å²) in [5, 5.41) is 7.93. The first-order valence-electron chi connectivity index (χ1n) is 6.24. The van der Waals surface area contributed by atoms with Crippen molar-refractivity contribution in [2.45, 2.75) is 33.9 Å². The number of nitrogens with zero attached hydrogens (tertiary/aromatic N) is 2. The van der Waals surface area contributed by atoms with E-state index in [1.165, 1.54) is 11.3 Å². The first kappa shape index (κ1) is 14.6. The van der Waals surface area contributed by atoms with Crippen molar-refractivity contribution in [1.82, 2.24) is 9.78 Å². The van der Waals surface area contributed by atoms with Crippen LogP contribution in [-0.4, -0.2) is 9.78 Å². The number of aromatic nitrogens is 2. The van der Waals surface area contributed by atoms with Crippen LogP contribution in [0.15, 0.2) is 27.1 Å². The SMILES string of the molecule is CCn1nc(C)c(Br)c1CNc1ccc(C)c(Br)c1. The van der Waals surface area contributed by atoms with E-state index in [1.54, 1.807) is 0 Å². The molecule has 2 aromatic rings. The molecule has 0 spiro atoms. The number of aryl methyl sites for hydroxylation is 3. The van der Waals surface area contributed by atoms with Crippen molar-refractivity contribution in [2.75, 3.05) is 5.32 Å². The van der Waals surface area contributed by atoms with Gasteiger partial charge in [-0.2, -0.15) is 5.10 Å². The minimum Gasteiger partial charge on any atom is -0.379 e. The number of benzene rings is 1. The molecule has 0 saturated heterocycles. The highest BCUT2D eigenvalue weighted by molar-refractivity contribution is 9.10. The van der Waals surface area contributed by atoms with Crippen LogP contribution in [0.25, 0.3) is 0 Å². The second-order valence-corrected chi connectivity index (χ2v) is 6.13. The van der Waals surface area contributed by atoms with Gasteiger partial charge in [0.1, 0.15) is 0 Å². The van der Waals surface area contributed by atoms with E-state index in [2.05, 4.69) is 74.3 Å². The van der Waals surface area contributed by atoms with Crippen molar-refractivity contribution in [1.29, 1.82) is 0 Å². The van der Waals surface area contributed by atoms with Crippen LogP contribution in [-0.2, 0) is 13.1 Å². The van der Waals surface area contributed by atoms with Crippen LogP contribution < -0.4 is 5.32 Å². The lowest BCUT2D eigenvalue weighted by molar-refractivity contribution is 0.622. The molecule has 102 valence electrons. The molecule has 0 saturated carbocycles. The van der Waals surface area contributed by atoms with E-state index in [9.17, 15) is 0 Å². The van der Waals surface area contributed by atoms with Gasteiger partial charge in [0.05, 0.1) is 22.4 Å². The van der Waals surface area contributed by atoms with Gasteiger partial charge < -0.3 is 5.32 Å². The molecular weight excluding hydrogens is 370 g/mol.